The van der Waals surface area contributed by atoms with Crippen molar-refractivity contribution < 1.29 is 0 Å². The summed E-state index contributed by atoms with van der Waals surface area (Å²) in [6, 6.07) is 0. The summed E-state index contributed by atoms with van der Waals surface area (Å²) < 4.78 is 0. The zero-order valence-corrected chi connectivity index (χ0v) is 3.31. The van der Waals surface area contributed by atoms with E-state index in [1.54, 1.807) is 12.4 Å². The zero-order chi connectivity index (χ0) is 4.24. The fourth-order valence-electron chi connectivity index (χ4n) is 0.293. The molecule has 0 fully saturated rings. The predicted molar refractivity (Wildman–Crippen MR) is 24.6 cm³/mol. The maximum absolute atomic E-state index is 3.68. The molecule has 1 aliphatic heterocycles. The average molecular weight is 81.1 g/mol. The molecule has 1 N–H and O–H groups in total. The lowest BCUT2D eigenvalue weighted by Gasteiger charge is -1.92. The Kier molecular flexibility index (Phi) is 0.906. The maximum atomic E-state index is 3.68. The van der Waals surface area contributed by atoms with Gasteiger partial charge in [0.2, 0.25) is 0 Å². The van der Waals surface area contributed by atoms with Crippen LogP contribution in [0.1, 0.15) is 0 Å². The molecular weight excluding hydrogens is 76.1 g/mol. The fraction of sp³-hybridized carbons (Fsp3) is 0.250. The summed E-state index contributed by atoms with van der Waals surface area (Å²) in [7, 11) is 0. The standard InChI is InChI=1S/C4H5N2/c1-2-6-4-3-5-1/h1-2,5H,3H2. The Morgan fingerprint density at radius 2 is 2.83 bits per heavy atom. The van der Waals surface area contributed by atoms with E-state index in [1.807, 2.05) is 0 Å². The molecule has 0 saturated carbocycles. The van der Waals surface area contributed by atoms with E-state index in [1.165, 1.54) is 0 Å². The summed E-state index contributed by atoms with van der Waals surface area (Å²) in [5.41, 5.74) is 0. The van der Waals surface area contributed by atoms with E-state index < -0.39 is 0 Å². The normalized spacial score (nSPS) is 17.3. The molecule has 0 aromatic heterocycles. The third-order valence-corrected chi connectivity index (χ3v) is 0.539. The van der Waals surface area contributed by atoms with Crippen molar-refractivity contribution in [2.24, 2.45) is 4.99 Å². The summed E-state index contributed by atoms with van der Waals surface area (Å²) in [5, 5.41) is 2.90. The van der Waals surface area contributed by atoms with Gasteiger partial charge in [0.1, 0.15) is 0 Å². The molecular formula is C4H5N2. The average Bonchev–Trinajstić information content (AvgIpc) is 1.72. The Hall–Kier alpha value is -0.790. The van der Waals surface area contributed by atoms with Gasteiger partial charge in [-0.05, 0) is 0 Å². The fourth-order valence-corrected chi connectivity index (χ4v) is 0.293. The topological polar surface area (TPSA) is 24.4 Å². The molecule has 0 atom stereocenters. The van der Waals surface area contributed by atoms with Crippen LogP contribution in [-0.4, -0.2) is 12.8 Å². The molecule has 0 saturated heterocycles. The lowest BCUT2D eigenvalue weighted by Crippen LogP contribution is -2.09. The van der Waals surface area contributed by atoms with Gasteiger partial charge in [-0.1, -0.05) is 0 Å². The van der Waals surface area contributed by atoms with Gasteiger partial charge in [-0.25, -0.2) is 0 Å². The van der Waals surface area contributed by atoms with E-state index in [0.717, 1.165) is 6.54 Å². The van der Waals surface area contributed by atoms with Crippen molar-refractivity contribution in [3.05, 3.63) is 12.4 Å². The molecule has 0 amide bonds. The number of nitrogens with zero attached hydrogens (tertiary/aromatic N) is 1. The first kappa shape index (κ1) is 3.40. The highest BCUT2D eigenvalue weighted by atomic mass is 14.9. The van der Waals surface area contributed by atoms with Crippen LogP contribution in [0.3, 0.4) is 0 Å². The molecule has 0 aromatic rings. The highest BCUT2D eigenvalue weighted by Gasteiger charge is 1.76. The van der Waals surface area contributed by atoms with E-state index in [4.69, 9.17) is 0 Å². The van der Waals surface area contributed by atoms with Crippen molar-refractivity contribution in [3.8, 4) is 0 Å². The second-order valence-electron chi connectivity index (χ2n) is 0.984. The molecule has 6 heavy (non-hydrogen) atoms. The summed E-state index contributed by atoms with van der Waals surface area (Å²) in [4.78, 5) is 3.68. The minimum absolute atomic E-state index is 0.747. The van der Waals surface area contributed by atoms with Gasteiger partial charge >= 0.3 is 0 Å². The van der Waals surface area contributed by atoms with Crippen LogP contribution in [-0.2, 0) is 0 Å². The molecule has 31 valence electrons. The van der Waals surface area contributed by atoms with Gasteiger partial charge < -0.3 is 5.32 Å². The van der Waals surface area contributed by atoms with Crippen LogP contribution in [0.2, 0.25) is 0 Å². The minimum atomic E-state index is 0.747. The van der Waals surface area contributed by atoms with Crippen molar-refractivity contribution in [1.29, 1.82) is 0 Å². The smallest absolute Gasteiger partial charge is 0.0827 e. The van der Waals surface area contributed by atoms with Crippen molar-refractivity contribution >= 4 is 6.21 Å². The number of aliphatic imine (C=N–C) groups is 1. The van der Waals surface area contributed by atoms with Crippen LogP contribution in [0.25, 0.3) is 0 Å². The van der Waals surface area contributed by atoms with Gasteiger partial charge in [0.05, 0.1) is 12.8 Å². The van der Waals surface area contributed by atoms with Crippen LogP contribution >= 0.6 is 0 Å². The number of rotatable bonds is 0. The van der Waals surface area contributed by atoms with E-state index in [2.05, 4.69) is 16.5 Å². The second kappa shape index (κ2) is 1.60. The van der Waals surface area contributed by atoms with Gasteiger partial charge in [-0.2, -0.15) is 0 Å². The van der Waals surface area contributed by atoms with Gasteiger partial charge in [-0.3, -0.25) is 4.99 Å². The third kappa shape index (κ3) is 0.578. The molecule has 0 bridgehead atoms. The Morgan fingerprint density at radius 1 is 1.83 bits per heavy atom. The number of hydrogen-bond donors (Lipinski definition) is 1. The number of hydrogen-bond acceptors (Lipinski definition) is 2. The molecule has 1 heterocycles. The van der Waals surface area contributed by atoms with E-state index in [-0.39, 0.29) is 0 Å². The van der Waals surface area contributed by atoms with Crippen molar-refractivity contribution in [2.75, 3.05) is 6.54 Å². The van der Waals surface area contributed by atoms with E-state index in [0.29, 0.717) is 0 Å². The van der Waals surface area contributed by atoms with Gasteiger partial charge in [0.15, 0.2) is 0 Å². The number of nitrogens with one attached hydrogen (secondary N) is 1. The Balaban J connectivity index is 2.46. The highest BCUT2D eigenvalue weighted by Crippen LogP contribution is 1.73. The van der Waals surface area contributed by atoms with Crippen LogP contribution in [0, 0.1) is 0 Å². The second-order valence-corrected chi connectivity index (χ2v) is 0.984. The maximum Gasteiger partial charge on any atom is 0.0827 e. The summed E-state index contributed by atoms with van der Waals surface area (Å²) in [5.74, 6) is 0. The van der Waals surface area contributed by atoms with Gasteiger partial charge in [0, 0.05) is 12.4 Å². The molecule has 1 radical (unpaired) electrons. The molecule has 0 spiro atoms. The Morgan fingerprint density at radius 3 is 3.00 bits per heavy atom. The largest absolute Gasteiger partial charge is 0.384 e. The highest BCUT2D eigenvalue weighted by molar-refractivity contribution is 5.61. The first-order chi connectivity index (χ1) is 3.00. The minimum Gasteiger partial charge on any atom is -0.384 e. The molecule has 2 heteroatoms. The van der Waals surface area contributed by atoms with Crippen LogP contribution < -0.4 is 5.32 Å². The van der Waals surface area contributed by atoms with E-state index >= 15 is 0 Å². The summed E-state index contributed by atoms with van der Waals surface area (Å²) in [6.07, 6.45) is 6.17. The first-order valence-corrected chi connectivity index (χ1v) is 1.81. The third-order valence-electron chi connectivity index (χ3n) is 0.539. The molecule has 0 unspecified atom stereocenters. The monoisotopic (exact) mass is 81.0 g/mol. The quantitative estimate of drug-likeness (QED) is 0.436. The van der Waals surface area contributed by atoms with Crippen molar-refractivity contribution in [2.45, 2.75) is 0 Å². The van der Waals surface area contributed by atoms with Crippen LogP contribution in [0.4, 0.5) is 0 Å². The lowest BCUT2D eigenvalue weighted by molar-refractivity contribution is 1.01. The molecule has 0 aliphatic carbocycles. The predicted octanol–water partition coefficient (Wildman–Crippen LogP) is 0.00860. The van der Waals surface area contributed by atoms with Crippen molar-refractivity contribution in [1.82, 2.24) is 5.32 Å². The van der Waals surface area contributed by atoms with Crippen molar-refractivity contribution in [3.63, 3.8) is 0 Å². The Bertz CT molecular complexity index is 71.5. The van der Waals surface area contributed by atoms with Gasteiger partial charge in [-0.15, -0.1) is 0 Å². The molecule has 0 aromatic carbocycles. The lowest BCUT2D eigenvalue weighted by atomic mass is 10.6. The summed E-state index contributed by atoms with van der Waals surface area (Å²) >= 11 is 0. The zero-order valence-electron chi connectivity index (χ0n) is 3.31. The summed E-state index contributed by atoms with van der Waals surface area (Å²) in [6.45, 7) is 0.747. The SMILES string of the molecule is [C]1=NC=CNC1. The van der Waals surface area contributed by atoms with E-state index in [9.17, 15) is 0 Å². The Labute approximate surface area is 36.6 Å². The molecule has 2 nitrogen and oxygen atoms in total. The van der Waals surface area contributed by atoms with Crippen LogP contribution in [0.5, 0.6) is 0 Å². The van der Waals surface area contributed by atoms with Crippen LogP contribution in [0.15, 0.2) is 17.4 Å². The first-order valence-electron chi connectivity index (χ1n) is 1.81. The van der Waals surface area contributed by atoms with Gasteiger partial charge in [0.25, 0.3) is 0 Å². The molecule has 1 rings (SSSR count). The molecule has 1 aliphatic rings.